The van der Waals surface area contributed by atoms with Crippen molar-refractivity contribution in [1.82, 2.24) is 5.32 Å². The van der Waals surface area contributed by atoms with Crippen LogP contribution in [0.15, 0.2) is 0 Å². The highest BCUT2D eigenvalue weighted by atomic mass is 16.5. The fourth-order valence-electron chi connectivity index (χ4n) is 2.81. The van der Waals surface area contributed by atoms with Crippen LogP contribution in [-0.4, -0.2) is 26.3 Å². The molecular formula is C14H29NO. The van der Waals surface area contributed by atoms with Crippen molar-refractivity contribution in [3.8, 4) is 0 Å². The monoisotopic (exact) mass is 227 g/mol. The van der Waals surface area contributed by atoms with Crippen molar-refractivity contribution >= 4 is 0 Å². The van der Waals surface area contributed by atoms with E-state index in [-0.39, 0.29) is 0 Å². The van der Waals surface area contributed by atoms with Gasteiger partial charge in [0, 0.05) is 26.3 Å². The smallest absolute Gasteiger partial charge is 0.0462 e. The van der Waals surface area contributed by atoms with Gasteiger partial charge >= 0.3 is 0 Å². The second-order valence-corrected chi connectivity index (χ2v) is 5.69. The van der Waals surface area contributed by atoms with Crippen LogP contribution in [0.25, 0.3) is 0 Å². The molecule has 0 aromatic rings. The van der Waals surface area contributed by atoms with Crippen molar-refractivity contribution in [2.45, 2.75) is 64.8 Å². The predicted octanol–water partition coefficient (Wildman–Crippen LogP) is 3.36. The number of hydrogen-bond donors (Lipinski definition) is 1. The van der Waals surface area contributed by atoms with Gasteiger partial charge in [0.1, 0.15) is 0 Å². The SMILES string of the molecule is COCCCCC1(CNC(C)C)CCCC1. The number of ether oxygens (including phenoxy) is 1. The Hall–Kier alpha value is -0.0800. The van der Waals surface area contributed by atoms with Crippen molar-refractivity contribution in [2.24, 2.45) is 5.41 Å². The third kappa shape index (κ3) is 4.84. The van der Waals surface area contributed by atoms with Gasteiger partial charge in [-0.3, -0.25) is 0 Å². The fourth-order valence-corrected chi connectivity index (χ4v) is 2.81. The van der Waals surface area contributed by atoms with Gasteiger partial charge in [-0.2, -0.15) is 0 Å². The predicted molar refractivity (Wildman–Crippen MR) is 69.8 cm³/mol. The van der Waals surface area contributed by atoms with E-state index in [1.165, 1.54) is 51.5 Å². The topological polar surface area (TPSA) is 21.3 Å². The molecule has 0 amide bonds. The van der Waals surface area contributed by atoms with Gasteiger partial charge in [-0.15, -0.1) is 0 Å². The van der Waals surface area contributed by atoms with Gasteiger partial charge in [-0.1, -0.05) is 33.1 Å². The maximum Gasteiger partial charge on any atom is 0.0462 e. The minimum Gasteiger partial charge on any atom is -0.385 e. The second-order valence-electron chi connectivity index (χ2n) is 5.69. The van der Waals surface area contributed by atoms with Crippen LogP contribution in [0.2, 0.25) is 0 Å². The highest BCUT2D eigenvalue weighted by Crippen LogP contribution is 2.41. The third-order valence-corrected chi connectivity index (χ3v) is 3.86. The molecule has 0 aromatic carbocycles. The first-order valence-electron chi connectivity index (χ1n) is 6.91. The molecule has 1 N–H and O–H groups in total. The number of hydrogen-bond acceptors (Lipinski definition) is 2. The first-order valence-corrected chi connectivity index (χ1v) is 6.91. The van der Waals surface area contributed by atoms with Crippen LogP contribution in [0, 0.1) is 5.41 Å². The summed E-state index contributed by atoms with van der Waals surface area (Å²) in [6.07, 6.45) is 9.66. The van der Waals surface area contributed by atoms with Crippen molar-refractivity contribution in [1.29, 1.82) is 0 Å². The number of unbranched alkanes of at least 4 members (excludes halogenated alkanes) is 1. The van der Waals surface area contributed by atoms with Crippen LogP contribution in [0.1, 0.15) is 58.8 Å². The molecule has 1 rings (SSSR count). The van der Waals surface area contributed by atoms with Gasteiger partial charge in [0.2, 0.25) is 0 Å². The van der Waals surface area contributed by atoms with Crippen LogP contribution in [-0.2, 0) is 4.74 Å². The molecule has 1 aliphatic rings. The summed E-state index contributed by atoms with van der Waals surface area (Å²) in [5.41, 5.74) is 0.609. The molecule has 1 saturated carbocycles. The lowest BCUT2D eigenvalue weighted by atomic mass is 9.81. The molecule has 0 heterocycles. The van der Waals surface area contributed by atoms with Crippen LogP contribution in [0.3, 0.4) is 0 Å². The molecule has 1 fully saturated rings. The number of methoxy groups -OCH3 is 1. The molecule has 2 nitrogen and oxygen atoms in total. The van der Waals surface area contributed by atoms with E-state index in [0.717, 1.165) is 6.61 Å². The van der Waals surface area contributed by atoms with Gasteiger partial charge in [-0.25, -0.2) is 0 Å². The zero-order valence-electron chi connectivity index (χ0n) is 11.3. The molecule has 96 valence electrons. The summed E-state index contributed by atoms with van der Waals surface area (Å²) in [5.74, 6) is 0. The molecular weight excluding hydrogens is 198 g/mol. The summed E-state index contributed by atoms with van der Waals surface area (Å²) in [7, 11) is 1.80. The van der Waals surface area contributed by atoms with Gasteiger partial charge in [0.15, 0.2) is 0 Å². The van der Waals surface area contributed by atoms with E-state index in [4.69, 9.17) is 4.74 Å². The van der Waals surface area contributed by atoms with E-state index in [2.05, 4.69) is 19.2 Å². The summed E-state index contributed by atoms with van der Waals surface area (Å²) >= 11 is 0. The van der Waals surface area contributed by atoms with Gasteiger partial charge in [-0.05, 0) is 31.1 Å². The molecule has 0 saturated heterocycles. The zero-order chi connectivity index (χ0) is 11.9. The van der Waals surface area contributed by atoms with Gasteiger partial charge in [0.25, 0.3) is 0 Å². The Balaban J connectivity index is 2.27. The maximum atomic E-state index is 5.12. The Morgan fingerprint density at radius 2 is 1.88 bits per heavy atom. The van der Waals surface area contributed by atoms with Gasteiger partial charge < -0.3 is 10.1 Å². The third-order valence-electron chi connectivity index (χ3n) is 3.86. The normalized spacial score (nSPS) is 19.5. The Morgan fingerprint density at radius 1 is 1.19 bits per heavy atom. The van der Waals surface area contributed by atoms with Crippen molar-refractivity contribution in [3.63, 3.8) is 0 Å². The van der Waals surface area contributed by atoms with E-state index in [9.17, 15) is 0 Å². The van der Waals surface area contributed by atoms with Crippen LogP contribution >= 0.6 is 0 Å². The molecule has 0 aromatic heterocycles. The fraction of sp³-hybridized carbons (Fsp3) is 1.00. The first-order chi connectivity index (χ1) is 7.68. The Morgan fingerprint density at radius 3 is 2.44 bits per heavy atom. The van der Waals surface area contributed by atoms with Crippen molar-refractivity contribution in [3.05, 3.63) is 0 Å². The van der Waals surface area contributed by atoms with Crippen LogP contribution in [0.5, 0.6) is 0 Å². The summed E-state index contributed by atoms with van der Waals surface area (Å²) in [4.78, 5) is 0. The lowest BCUT2D eigenvalue weighted by molar-refractivity contribution is 0.179. The molecule has 1 aliphatic carbocycles. The van der Waals surface area contributed by atoms with E-state index < -0.39 is 0 Å². The largest absolute Gasteiger partial charge is 0.385 e. The molecule has 0 unspecified atom stereocenters. The molecule has 0 radical (unpaired) electrons. The lowest BCUT2D eigenvalue weighted by Gasteiger charge is -2.30. The van der Waals surface area contributed by atoms with Crippen molar-refractivity contribution < 1.29 is 4.74 Å². The van der Waals surface area contributed by atoms with E-state index >= 15 is 0 Å². The molecule has 2 heteroatoms. The number of nitrogens with one attached hydrogen (secondary N) is 1. The molecule has 0 bridgehead atoms. The average molecular weight is 227 g/mol. The molecule has 0 spiro atoms. The second kappa shape index (κ2) is 7.29. The van der Waals surface area contributed by atoms with E-state index in [1.807, 2.05) is 0 Å². The van der Waals surface area contributed by atoms with E-state index in [1.54, 1.807) is 7.11 Å². The highest BCUT2D eigenvalue weighted by molar-refractivity contribution is 4.87. The highest BCUT2D eigenvalue weighted by Gasteiger charge is 2.32. The number of rotatable bonds is 8. The molecule has 16 heavy (non-hydrogen) atoms. The van der Waals surface area contributed by atoms with Crippen molar-refractivity contribution in [2.75, 3.05) is 20.3 Å². The van der Waals surface area contributed by atoms with Crippen LogP contribution in [0.4, 0.5) is 0 Å². The van der Waals surface area contributed by atoms with E-state index in [0.29, 0.717) is 11.5 Å². The quantitative estimate of drug-likeness (QED) is 0.642. The minimum atomic E-state index is 0.609. The Bertz CT molecular complexity index is 174. The average Bonchev–Trinajstić information content (AvgIpc) is 2.71. The zero-order valence-corrected chi connectivity index (χ0v) is 11.3. The Labute approximate surface area is 101 Å². The summed E-state index contributed by atoms with van der Waals surface area (Å²) in [6, 6.07) is 0.622. The molecule has 0 atom stereocenters. The standard InChI is InChI=1S/C14H29NO/c1-13(2)15-12-14(8-4-5-9-14)10-6-7-11-16-3/h13,15H,4-12H2,1-3H3. The first kappa shape index (κ1) is 14.0. The Kier molecular flexibility index (Phi) is 6.37. The lowest BCUT2D eigenvalue weighted by Crippen LogP contribution is -2.36. The summed E-state index contributed by atoms with van der Waals surface area (Å²) in [5, 5.41) is 3.64. The van der Waals surface area contributed by atoms with Crippen LogP contribution < -0.4 is 5.32 Å². The summed E-state index contributed by atoms with van der Waals surface area (Å²) < 4.78 is 5.12. The maximum absolute atomic E-state index is 5.12. The minimum absolute atomic E-state index is 0.609. The molecule has 0 aliphatic heterocycles. The van der Waals surface area contributed by atoms with Gasteiger partial charge in [0.05, 0.1) is 0 Å². The summed E-state index contributed by atoms with van der Waals surface area (Å²) in [6.45, 7) is 6.63.